The van der Waals surface area contributed by atoms with E-state index in [-0.39, 0.29) is 0 Å². The zero-order chi connectivity index (χ0) is 10.3. The van der Waals surface area contributed by atoms with E-state index < -0.39 is 0 Å². The van der Waals surface area contributed by atoms with E-state index in [1.807, 2.05) is 6.20 Å². The molecule has 0 amide bonds. The SMILES string of the molecule is CCc1c[nH]c2ncnc(NC3CC3)c12. The number of H-pyrrole nitrogens is 1. The minimum absolute atomic E-state index is 0.628. The maximum atomic E-state index is 4.33. The number of nitrogens with one attached hydrogen (secondary N) is 2. The van der Waals surface area contributed by atoms with Crippen molar-refractivity contribution in [3.8, 4) is 0 Å². The number of aryl methyl sites for hydroxylation is 1. The predicted octanol–water partition coefficient (Wildman–Crippen LogP) is 2.09. The Morgan fingerprint density at radius 3 is 3.07 bits per heavy atom. The molecule has 2 aromatic heterocycles. The average molecular weight is 202 g/mol. The maximum Gasteiger partial charge on any atom is 0.143 e. The first-order valence-electron chi connectivity index (χ1n) is 5.46. The summed E-state index contributed by atoms with van der Waals surface area (Å²) in [6.45, 7) is 2.15. The lowest BCUT2D eigenvalue weighted by molar-refractivity contribution is 1.10. The van der Waals surface area contributed by atoms with Gasteiger partial charge < -0.3 is 10.3 Å². The molecule has 0 atom stereocenters. The zero-order valence-electron chi connectivity index (χ0n) is 8.75. The quantitative estimate of drug-likeness (QED) is 0.801. The second-order valence-corrected chi connectivity index (χ2v) is 4.03. The summed E-state index contributed by atoms with van der Waals surface area (Å²) in [4.78, 5) is 11.7. The first-order chi connectivity index (χ1) is 7.38. The molecule has 2 heterocycles. The molecule has 15 heavy (non-hydrogen) atoms. The highest BCUT2D eigenvalue weighted by atomic mass is 15.1. The van der Waals surface area contributed by atoms with Gasteiger partial charge in [-0.2, -0.15) is 0 Å². The molecule has 0 aromatic carbocycles. The van der Waals surface area contributed by atoms with Crippen LogP contribution in [0.4, 0.5) is 5.82 Å². The first kappa shape index (κ1) is 8.71. The smallest absolute Gasteiger partial charge is 0.143 e. The molecule has 3 rings (SSSR count). The van der Waals surface area contributed by atoms with Crippen LogP contribution >= 0.6 is 0 Å². The summed E-state index contributed by atoms with van der Waals surface area (Å²) in [6, 6.07) is 0.628. The Balaban J connectivity index is 2.12. The molecule has 4 nitrogen and oxygen atoms in total. The number of hydrogen-bond acceptors (Lipinski definition) is 3. The van der Waals surface area contributed by atoms with E-state index in [9.17, 15) is 0 Å². The van der Waals surface area contributed by atoms with Crippen LogP contribution < -0.4 is 5.32 Å². The number of aromatic nitrogens is 3. The van der Waals surface area contributed by atoms with Crippen molar-refractivity contribution in [3.05, 3.63) is 18.1 Å². The van der Waals surface area contributed by atoms with E-state index in [4.69, 9.17) is 0 Å². The predicted molar refractivity (Wildman–Crippen MR) is 59.9 cm³/mol. The van der Waals surface area contributed by atoms with Gasteiger partial charge >= 0.3 is 0 Å². The Morgan fingerprint density at radius 1 is 1.47 bits per heavy atom. The van der Waals surface area contributed by atoms with E-state index >= 15 is 0 Å². The third-order valence-corrected chi connectivity index (χ3v) is 2.85. The molecule has 1 aliphatic rings. The van der Waals surface area contributed by atoms with Crippen LogP contribution in [0.15, 0.2) is 12.5 Å². The van der Waals surface area contributed by atoms with Crippen LogP contribution in [0.25, 0.3) is 11.0 Å². The van der Waals surface area contributed by atoms with Gasteiger partial charge in [-0.25, -0.2) is 9.97 Å². The topological polar surface area (TPSA) is 53.6 Å². The molecule has 1 saturated carbocycles. The lowest BCUT2D eigenvalue weighted by atomic mass is 10.2. The van der Waals surface area contributed by atoms with Gasteiger partial charge in [-0.05, 0) is 24.8 Å². The number of hydrogen-bond donors (Lipinski definition) is 2. The number of nitrogens with zero attached hydrogens (tertiary/aromatic N) is 2. The maximum absolute atomic E-state index is 4.33. The lowest BCUT2D eigenvalue weighted by Gasteiger charge is -2.05. The molecule has 2 aromatic rings. The van der Waals surface area contributed by atoms with Crippen molar-refractivity contribution in [1.82, 2.24) is 15.0 Å². The minimum Gasteiger partial charge on any atom is -0.367 e. The standard InChI is InChI=1S/C11H14N4/c1-2-7-5-12-10-9(7)11(14-6-13-10)15-8-3-4-8/h5-6,8H,2-4H2,1H3,(H2,12,13,14,15). The summed E-state index contributed by atoms with van der Waals surface area (Å²) in [6.07, 6.45) is 7.17. The van der Waals surface area contributed by atoms with Gasteiger partial charge in [0.15, 0.2) is 0 Å². The van der Waals surface area contributed by atoms with Gasteiger partial charge in [0.2, 0.25) is 0 Å². The van der Waals surface area contributed by atoms with Crippen molar-refractivity contribution in [2.75, 3.05) is 5.32 Å². The number of anilines is 1. The summed E-state index contributed by atoms with van der Waals surface area (Å²) in [5.41, 5.74) is 2.22. The van der Waals surface area contributed by atoms with Gasteiger partial charge in [-0.1, -0.05) is 6.92 Å². The minimum atomic E-state index is 0.628. The molecule has 0 radical (unpaired) electrons. The summed E-state index contributed by atoms with van der Waals surface area (Å²) in [5, 5.41) is 4.61. The molecule has 0 bridgehead atoms. The van der Waals surface area contributed by atoms with E-state index in [0.717, 1.165) is 23.3 Å². The Kier molecular flexibility index (Phi) is 1.87. The second-order valence-electron chi connectivity index (χ2n) is 4.03. The van der Waals surface area contributed by atoms with E-state index in [1.54, 1.807) is 6.33 Å². The summed E-state index contributed by atoms with van der Waals surface area (Å²) < 4.78 is 0. The van der Waals surface area contributed by atoms with Gasteiger partial charge in [0.1, 0.15) is 17.8 Å². The van der Waals surface area contributed by atoms with Gasteiger partial charge in [-0.15, -0.1) is 0 Å². The molecule has 4 heteroatoms. The van der Waals surface area contributed by atoms with Crippen molar-refractivity contribution in [2.24, 2.45) is 0 Å². The molecule has 1 fully saturated rings. The van der Waals surface area contributed by atoms with Crippen LogP contribution in [0.1, 0.15) is 25.3 Å². The molecular weight excluding hydrogens is 188 g/mol. The highest BCUT2D eigenvalue weighted by molar-refractivity contribution is 5.90. The molecule has 1 aliphatic carbocycles. The van der Waals surface area contributed by atoms with Crippen LogP contribution in [-0.2, 0) is 6.42 Å². The highest BCUT2D eigenvalue weighted by Crippen LogP contribution is 2.29. The zero-order valence-corrected chi connectivity index (χ0v) is 8.75. The van der Waals surface area contributed by atoms with Gasteiger partial charge in [0, 0.05) is 12.2 Å². The molecule has 2 N–H and O–H groups in total. The van der Waals surface area contributed by atoms with Crippen molar-refractivity contribution in [3.63, 3.8) is 0 Å². The third-order valence-electron chi connectivity index (χ3n) is 2.85. The van der Waals surface area contributed by atoms with Crippen LogP contribution in [-0.4, -0.2) is 21.0 Å². The normalized spacial score (nSPS) is 15.8. The van der Waals surface area contributed by atoms with Crippen molar-refractivity contribution in [1.29, 1.82) is 0 Å². The second kappa shape index (κ2) is 3.22. The summed E-state index contributed by atoms with van der Waals surface area (Å²) in [7, 11) is 0. The Morgan fingerprint density at radius 2 is 2.33 bits per heavy atom. The molecule has 0 aliphatic heterocycles. The fourth-order valence-electron chi connectivity index (χ4n) is 1.84. The largest absolute Gasteiger partial charge is 0.367 e. The molecule has 0 saturated heterocycles. The Labute approximate surface area is 88.1 Å². The fraction of sp³-hybridized carbons (Fsp3) is 0.455. The molecule has 0 spiro atoms. The van der Waals surface area contributed by atoms with Crippen LogP contribution in [0.3, 0.4) is 0 Å². The van der Waals surface area contributed by atoms with E-state index in [2.05, 4.69) is 27.2 Å². The average Bonchev–Trinajstić information content (AvgIpc) is 2.97. The van der Waals surface area contributed by atoms with Crippen LogP contribution in [0.2, 0.25) is 0 Å². The fourth-order valence-corrected chi connectivity index (χ4v) is 1.84. The van der Waals surface area contributed by atoms with Crippen molar-refractivity contribution >= 4 is 16.9 Å². The molecule has 0 unspecified atom stereocenters. The van der Waals surface area contributed by atoms with E-state index in [0.29, 0.717) is 6.04 Å². The highest BCUT2D eigenvalue weighted by Gasteiger charge is 2.23. The van der Waals surface area contributed by atoms with Gasteiger partial charge in [-0.3, -0.25) is 0 Å². The Hall–Kier alpha value is -1.58. The lowest BCUT2D eigenvalue weighted by Crippen LogP contribution is -2.04. The van der Waals surface area contributed by atoms with Crippen LogP contribution in [0, 0.1) is 0 Å². The molecule has 78 valence electrons. The third kappa shape index (κ3) is 1.46. The molecular formula is C11H14N4. The first-order valence-corrected chi connectivity index (χ1v) is 5.46. The number of fused-ring (bicyclic) bond motifs is 1. The van der Waals surface area contributed by atoms with Crippen LogP contribution in [0.5, 0.6) is 0 Å². The summed E-state index contributed by atoms with van der Waals surface area (Å²) >= 11 is 0. The van der Waals surface area contributed by atoms with Crippen molar-refractivity contribution in [2.45, 2.75) is 32.2 Å². The van der Waals surface area contributed by atoms with Crippen molar-refractivity contribution < 1.29 is 0 Å². The number of aromatic amines is 1. The van der Waals surface area contributed by atoms with Gasteiger partial charge in [0.25, 0.3) is 0 Å². The van der Waals surface area contributed by atoms with Gasteiger partial charge in [0.05, 0.1) is 5.39 Å². The summed E-state index contributed by atoms with van der Waals surface area (Å²) in [5.74, 6) is 0.987. The monoisotopic (exact) mass is 202 g/mol. The number of rotatable bonds is 3. The Bertz CT molecular complexity index is 484. The van der Waals surface area contributed by atoms with E-state index in [1.165, 1.54) is 18.4 Å².